The Labute approximate surface area is 309 Å². The molecule has 4 aliphatic rings. The van der Waals surface area contributed by atoms with Gasteiger partial charge in [-0.1, -0.05) is 29.8 Å². The zero-order chi connectivity index (χ0) is 36.7. The summed E-state index contributed by atoms with van der Waals surface area (Å²) in [7, 11) is 3.66. The molecular formula is C39H49ClFN7O4. The number of aryl methyl sites for hydroxylation is 1. The highest BCUT2D eigenvalue weighted by Gasteiger charge is 2.40. The zero-order valence-electron chi connectivity index (χ0n) is 30.2. The quantitative estimate of drug-likeness (QED) is 0.336. The number of amides is 2. The van der Waals surface area contributed by atoms with E-state index >= 15 is 4.39 Å². The molecule has 52 heavy (non-hydrogen) atoms. The zero-order valence-corrected chi connectivity index (χ0v) is 31.0. The minimum absolute atomic E-state index is 0.0702. The highest BCUT2D eigenvalue weighted by Crippen LogP contribution is 2.44. The number of halogens is 2. The van der Waals surface area contributed by atoms with Crippen molar-refractivity contribution in [3.63, 3.8) is 0 Å². The number of likely N-dealkylation sites (tertiary alicyclic amines) is 2. The van der Waals surface area contributed by atoms with Crippen LogP contribution in [0.4, 0.5) is 15.8 Å². The van der Waals surface area contributed by atoms with Crippen LogP contribution >= 0.6 is 11.6 Å². The molecule has 11 nitrogen and oxygen atoms in total. The Kier molecular flexibility index (Phi) is 10.3. The molecule has 1 spiro atoms. The maximum Gasteiger partial charge on any atom is 0.287 e. The summed E-state index contributed by atoms with van der Waals surface area (Å²) in [6.45, 7) is 6.62. The van der Waals surface area contributed by atoms with E-state index in [2.05, 4.69) is 44.7 Å². The molecule has 0 saturated carbocycles. The van der Waals surface area contributed by atoms with Crippen LogP contribution in [-0.2, 0) is 11.8 Å². The fraction of sp³-hybridized carbons (Fsp3) is 0.538. The lowest BCUT2D eigenvalue weighted by Crippen LogP contribution is -2.48. The minimum Gasteiger partial charge on any atom is -0.378 e. The summed E-state index contributed by atoms with van der Waals surface area (Å²) in [6, 6.07) is 11.9. The average molecular weight is 734 g/mol. The van der Waals surface area contributed by atoms with E-state index in [0.29, 0.717) is 28.8 Å². The molecule has 4 aliphatic heterocycles. The second-order valence-electron chi connectivity index (χ2n) is 15.5. The number of piperidine rings is 4. The molecule has 7 rings (SSSR count). The smallest absolute Gasteiger partial charge is 0.287 e. The highest BCUT2D eigenvalue weighted by molar-refractivity contribution is 6.32. The van der Waals surface area contributed by atoms with E-state index in [1.54, 1.807) is 26.2 Å². The maximum atomic E-state index is 15.6. The number of likely N-dealkylation sites (N-methyl/N-ethyl adjacent to an activating group) is 1. The van der Waals surface area contributed by atoms with Gasteiger partial charge in [0, 0.05) is 81.5 Å². The van der Waals surface area contributed by atoms with Crippen molar-refractivity contribution in [1.82, 2.24) is 24.9 Å². The van der Waals surface area contributed by atoms with Crippen molar-refractivity contribution in [1.29, 1.82) is 0 Å². The number of nitrogens with zero attached hydrogens (tertiary/aromatic N) is 5. The van der Waals surface area contributed by atoms with Crippen LogP contribution in [0.2, 0.25) is 5.02 Å². The van der Waals surface area contributed by atoms with Crippen molar-refractivity contribution in [3.8, 4) is 0 Å². The van der Waals surface area contributed by atoms with Gasteiger partial charge in [0.15, 0.2) is 0 Å². The third-order valence-electron chi connectivity index (χ3n) is 12.1. The molecule has 0 aliphatic carbocycles. The van der Waals surface area contributed by atoms with E-state index in [1.165, 1.54) is 10.2 Å². The number of rotatable bonds is 6. The number of aromatic nitrogens is 2. The van der Waals surface area contributed by atoms with Crippen LogP contribution in [-0.4, -0.2) is 95.1 Å². The Morgan fingerprint density at radius 3 is 2.40 bits per heavy atom. The fourth-order valence-corrected chi connectivity index (χ4v) is 9.14. The molecule has 13 heteroatoms. The fourth-order valence-electron chi connectivity index (χ4n) is 8.92. The normalized spacial score (nSPS) is 25.2. The Bertz CT molecular complexity index is 1870. The molecule has 0 bridgehead atoms. The number of carbonyl (C=O) groups is 2. The van der Waals surface area contributed by atoms with Gasteiger partial charge in [0.2, 0.25) is 5.91 Å². The first-order valence-corrected chi connectivity index (χ1v) is 18.9. The molecule has 278 valence electrons. The molecule has 2 amide bonds. The molecule has 4 fully saturated rings. The SMILES string of the molecule is Cc1c(N2CCC3(CCN(C(=O)c4ccc([C@@H]5C[C@H](Nc6cnn(C)c(=O)c6Cl)CN(C)C5)cc4)CC3)CC2)ccc(C2CCC(=O)NC2O)c1F. The van der Waals surface area contributed by atoms with Gasteiger partial charge in [-0.05, 0) is 93.2 Å². The Morgan fingerprint density at radius 1 is 1.02 bits per heavy atom. The molecule has 3 aromatic rings. The maximum absolute atomic E-state index is 15.6. The summed E-state index contributed by atoms with van der Waals surface area (Å²) in [5, 5.41) is 20.6. The predicted octanol–water partition coefficient (Wildman–Crippen LogP) is 4.62. The highest BCUT2D eigenvalue weighted by atomic mass is 35.5. The first kappa shape index (κ1) is 36.4. The monoisotopic (exact) mass is 733 g/mol. The van der Waals surface area contributed by atoms with E-state index < -0.39 is 12.1 Å². The van der Waals surface area contributed by atoms with E-state index in [9.17, 15) is 19.5 Å². The first-order chi connectivity index (χ1) is 24.9. The molecule has 3 N–H and O–H groups in total. The third-order valence-corrected chi connectivity index (χ3v) is 12.5. The average Bonchev–Trinajstić information content (AvgIpc) is 3.14. The summed E-state index contributed by atoms with van der Waals surface area (Å²) in [5.41, 5.74) is 4.21. The van der Waals surface area contributed by atoms with Gasteiger partial charge in [0.25, 0.3) is 11.5 Å². The molecule has 1 aromatic heterocycles. The topological polar surface area (TPSA) is 123 Å². The van der Waals surface area contributed by atoms with Crippen LogP contribution in [0.5, 0.6) is 0 Å². The molecule has 2 unspecified atom stereocenters. The van der Waals surface area contributed by atoms with Crippen LogP contribution in [0.1, 0.15) is 83.8 Å². The van der Waals surface area contributed by atoms with Crippen LogP contribution in [0.3, 0.4) is 0 Å². The van der Waals surface area contributed by atoms with E-state index in [1.807, 2.05) is 23.1 Å². The van der Waals surface area contributed by atoms with Crippen molar-refractivity contribution in [3.05, 3.63) is 86.0 Å². The molecule has 5 heterocycles. The van der Waals surface area contributed by atoms with E-state index in [4.69, 9.17) is 11.6 Å². The summed E-state index contributed by atoms with van der Waals surface area (Å²) < 4.78 is 16.8. The van der Waals surface area contributed by atoms with Crippen molar-refractivity contribution in [2.75, 3.05) is 56.5 Å². The Hall–Kier alpha value is -4.00. The van der Waals surface area contributed by atoms with Crippen molar-refractivity contribution >= 4 is 34.8 Å². The van der Waals surface area contributed by atoms with E-state index in [0.717, 1.165) is 77.1 Å². The minimum atomic E-state index is -1.08. The lowest BCUT2D eigenvalue weighted by Gasteiger charge is -2.47. The Morgan fingerprint density at radius 2 is 1.71 bits per heavy atom. The second kappa shape index (κ2) is 14.8. The standard InChI is InChI=1S/C39H49ClFN7O4/c1-24-32(10-8-29(35(24)41)30-9-11-33(49)44-36(30)50)47-16-12-39(13-17-47)14-18-48(19-15-39)37(51)26-6-4-25(5-7-26)27-20-28(23-45(2)22-27)43-31-21-42-46(3)38(52)34(31)40/h4-8,10,21,27-28,30,36,43,50H,9,11-20,22-23H2,1-3H3,(H,44,49)/t27-,28+,30?,36?/m1/s1. The van der Waals surface area contributed by atoms with Gasteiger partial charge >= 0.3 is 0 Å². The van der Waals surface area contributed by atoms with Gasteiger partial charge in [-0.25, -0.2) is 9.07 Å². The van der Waals surface area contributed by atoms with Crippen molar-refractivity contribution in [2.45, 2.75) is 76.0 Å². The Balaban J connectivity index is 0.921. The first-order valence-electron chi connectivity index (χ1n) is 18.5. The van der Waals surface area contributed by atoms with Gasteiger partial charge in [-0.2, -0.15) is 5.10 Å². The molecule has 0 radical (unpaired) electrons. The van der Waals surface area contributed by atoms with Gasteiger partial charge in [0.1, 0.15) is 17.1 Å². The predicted molar refractivity (Wildman–Crippen MR) is 199 cm³/mol. The lowest BCUT2D eigenvalue weighted by molar-refractivity contribution is -0.127. The van der Waals surface area contributed by atoms with E-state index in [-0.39, 0.29) is 52.0 Å². The third kappa shape index (κ3) is 7.30. The van der Waals surface area contributed by atoms with Gasteiger partial charge in [-0.3, -0.25) is 14.4 Å². The van der Waals surface area contributed by atoms with Crippen molar-refractivity contribution in [2.24, 2.45) is 12.5 Å². The van der Waals surface area contributed by atoms with Crippen LogP contribution in [0, 0.1) is 18.2 Å². The van der Waals surface area contributed by atoms with Gasteiger partial charge in [0.05, 0.1) is 11.9 Å². The number of hydrogen-bond donors (Lipinski definition) is 3. The van der Waals surface area contributed by atoms with Gasteiger partial charge in [-0.15, -0.1) is 0 Å². The number of hydrogen-bond acceptors (Lipinski definition) is 8. The lowest BCUT2D eigenvalue weighted by atomic mass is 9.71. The number of benzene rings is 2. The van der Waals surface area contributed by atoms with Crippen molar-refractivity contribution < 1.29 is 19.1 Å². The summed E-state index contributed by atoms with van der Waals surface area (Å²) in [5.74, 6) is -0.632. The van der Waals surface area contributed by atoms with Crippen LogP contribution in [0.25, 0.3) is 0 Å². The molecule has 4 saturated heterocycles. The largest absolute Gasteiger partial charge is 0.378 e. The number of nitrogens with one attached hydrogen (secondary N) is 2. The second-order valence-corrected chi connectivity index (χ2v) is 15.8. The molecule has 2 aromatic carbocycles. The van der Waals surface area contributed by atoms with Crippen LogP contribution in [0.15, 0.2) is 47.4 Å². The number of aliphatic hydroxyl groups excluding tert-OH is 1. The molecular weight excluding hydrogens is 685 g/mol. The summed E-state index contributed by atoms with van der Waals surface area (Å²) >= 11 is 6.32. The molecule has 4 atom stereocenters. The number of anilines is 2. The number of aliphatic hydroxyl groups is 1. The van der Waals surface area contributed by atoms with Crippen LogP contribution < -0.4 is 21.1 Å². The number of carbonyl (C=O) groups excluding carboxylic acids is 2. The summed E-state index contributed by atoms with van der Waals surface area (Å²) in [4.78, 5) is 44.0. The summed E-state index contributed by atoms with van der Waals surface area (Å²) in [6.07, 6.45) is 5.98. The van der Waals surface area contributed by atoms with Gasteiger partial charge < -0.3 is 30.4 Å².